The number of nitrogens with one attached hydrogen (secondary N) is 1. The Balaban J connectivity index is 1.63. The van der Waals surface area contributed by atoms with Crippen molar-refractivity contribution in [3.8, 4) is 5.82 Å². The quantitative estimate of drug-likeness (QED) is 0.717. The van der Waals surface area contributed by atoms with Crippen LogP contribution in [0.3, 0.4) is 0 Å². The van der Waals surface area contributed by atoms with E-state index in [1.54, 1.807) is 18.3 Å². The highest BCUT2D eigenvalue weighted by atomic mass is 16.3. The average molecular weight is 337 g/mol. The highest BCUT2D eigenvalue weighted by Gasteiger charge is 2.16. The van der Waals surface area contributed by atoms with Crippen LogP contribution in [0.15, 0.2) is 61.3 Å². The average Bonchev–Trinajstić information content (AvgIpc) is 3.17. The smallest absolute Gasteiger partial charge is 0.251 e. The largest absolute Gasteiger partial charge is 0.388 e. The second-order valence-corrected chi connectivity index (χ2v) is 5.78. The van der Waals surface area contributed by atoms with Crippen LogP contribution in [-0.2, 0) is 0 Å². The van der Waals surface area contributed by atoms with E-state index in [2.05, 4.69) is 20.4 Å². The van der Waals surface area contributed by atoms with Gasteiger partial charge in [0.05, 0.1) is 6.10 Å². The lowest BCUT2D eigenvalue weighted by atomic mass is 10.0. The molecule has 0 radical (unpaired) electrons. The van der Waals surface area contributed by atoms with E-state index >= 15 is 0 Å². The van der Waals surface area contributed by atoms with Crippen molar-refractivity contribution in [3.63, 3.8) is 0 Å². The predicted molar refractivity (Wildman–Crippen MR) is 92.1 cm³/mol. The number of carbonyl (C=O) groups is 1. The fourth-order valence-corrected chi connectivity index (χ4v) is 2.52. The van der Waals surface area contributed by atoms with E-state index in [0.29, 0.717) is 17.8 Å². The minimum Gasteiger partial charge on any atom is -0.388 e. The third-order valence-electron chi connectivity index (χ3n) is 3.80. The fraction of sp³-hybridized carbons (Fsp3) is 0.222. The van der Waals surface area contributed by atoms with Gasteiger partial charge in [0.1, 0.15) is 12.7 Å². The fourth-order valence-electron chi connectivity index (χ4n) is 2.52. The summed E-state index contributed by atoms with van der Waals surface area (Å²) in [7, 11) is 0. The normalized spacial score (nSPS) is 13.2. The number of nitrogens with zero attached hydrogens (tertiary/aromatic N) is 4. The molecule has 2 heterocycles. The first kappa shape index (κ1) is 16.8. The van der Waals surface area contributed by atoms with Gasteiger partial charge < -0.3 is 10.4 Å². The molecule has 1 aromatic carbocycles. The van der Waals surface area contributed by atoms with Crippen LogP contribution in [0, 0.1) is 0 Å². The van der Waals surface area contributed by atoms with Gasteiger partial charge in [-0.25, -0.2) is 14.6 Å². The molecule has 2 aromatic heterocycles. The van der Waals surface area contributed by atoms with Crippen molar-refractivity contribution in [1.29, 1.82) is 0 Å². The van der Waals surface area contributed by atoms with Crippen LogP contribution in [-0.4, -0.2) is 36.8 Å². The van der Waals surface area contributed by atoms with E-state index in [-0.39, 0.29) is 11.9 Å². The summed E-state index contributed by atoms with van der Waals surface area (Å²) in [4.78, 5) is 20.5. The van der Waals surface area contributed by atoms with Crippen molar-refractivity contribution >= 4 is 5.91 Å². The zero-order chi connectivity index (χ0) is 17.6. The number of aliphatic hydroxyl groups excluding tert-OH is 1. The molecule has 0 spiro atoms. The van der Waals surface area contributed by atoms with Crippen LogP contribution in [0.5, 0.6) is 0 Å². The van der Waals surface area contributed by atoms with Gasteiger partial charge in [0.25, 0.3) is 5.91 Å². The Morgan fingerprint density at radius 3 is 2.80 bits per heavy atom. The van der Waals surface area contributed by atoms with E-state index in [9.17, 15) is 9.90 Å². The summed E-state index contributed by atoms with van der Waals surface area (Å²) in [6.45, 7) is 1.86. The number of carbonyl (C=O) groups excluding carboxylic acids is 1. The zero-order valence-electron chi connectivity index (χ0n) is 13.8. The van der Waals surface area contributed by atoms with Crippen LogP contribution < -0.4 is 5.32 Å². The Morgan fingerprint density at radius 2 is 2.08 bits per heavy atom. The maximum Gasteiger partial charge on any atom is 0.251 e. The number of benzene rings is 1. The third kappa shape index (κ3) is 4.27. The summed E-state index contributed by atoms with van der Waals surface area (Å²) >= 11 is 0. The molecule has 0 bridgehead atoms. The van der Waals surface area contributed by atoms with Crippen molar-refractivity contribution in [3.05, 3.63) is 72.4 Å². The Labute approximate surface area is 145 Å². The summed E-state index contributed by atoms with van der Waals surface area (Å²) in [6.07, 6.45) is 4.27. The van der Waals surface area contributed by atoms with Gasteiger partial charge in [-0.15, -0.1) is 0 Å². The van der Waals surface area contributed by atoms with Gasteiger partial charge in [0, 0.05) is 17.8 Å². The summed E-state index contributed by atoms with van der Waals surface area (Å²) < 4.78 is 1.49. The summed E-state index contributed by atoms with van der Waals surface area (Å²) in [5, 5.41) is 17.2. The van der Waals surface area contributed by atoms with E-state index in [1.165, 1.54) is 17.3 Å². The Morgan fingerprint density at radius 1 is 1.28 bits per heavy atom. The maximum atomic E-state index is 12.4. The monoisotopic (exact) mass is 337 g/mol. The number of pyridine rings is 1. The van der Waals surface area contributed by atoms with Crippen LogP contribution in [0.1, 0.15) is 35.4 Å². The molecule has 128 valence electrons. The van der Waals surface area contributed by atoms with Gasteiger partial charge in [-0.05, 0) is 31.0 Å². The molecule has 2 unspecified atom stereocenters. The lowest BCUT2D eigenvalue weighted by molar-refractivity contribution is 0.0917. The molecule has 2 atom stereocenters. The van der Waals surface area contributed by atoms with Gasteiger partial charge in [-0.3, -0.25) is 4.79 Å². The minimum atomic E-state index is -0.625. The second kappa shape index (κ2) is 7.67. The lowest BCUT2D eigenvalue weighted by Gasteiger charge is -2.18. The molecule has 2 N–H and O–H groups in total. The van der Waals surface area contributed by atoms with E-state index in [4.69, 9.17) is 0 Å². The molecule has 7 heteroatoms. The van der Waals surface area contributed by atoms with Gasteiger partial charge in [0.2, 0.25) is 0 Å². The van der Waals surface area contributed by atoms with Crippen molar-refractivity contribution in [2.45, 2.75) is 25.5 Å². The molecule has 1 amide bonds. The zero-order valence-corrected chi connectivity index (χ0v) is 13.8. The first-order valence-corrected chi connectivity index (χ1v) is 7.98. The topological polar surface area (TPSA) is 92.9 Å². The number of amides is 1. The molecule has 0 fully saturated rings. The van der Waals surface area contributed by atoms with E-state index in [1.807, 2.05) is 37.3 Å². The van der Waals surface area contributed by atoms with Crippen LogP contribution in [0.4, 0.5) is 0 Å². The summed E-state index contributed by atoms with van der Waals surface area (Å²) in [5.41, 5.74) is 1.31. The van der Waals surface area contributed by atoms with Crippen LogP contribution in [0.25, 0.3) is 5.82 Å². The lowest BCUT2D eigenvalue weighted by Crippen LogP contribution is -2.33. The number of rotatable bonds is 6. The molecule has 0 aliphatic rings. The van der Waals surface area contributed by atoms with Crippen LogP contribution >= 0.6 is 0 Å². The number of hydrogen-bond donors (Lipinski definition) is 2. The molecule has 0 aliphatic carbocycles. The highest BCUT2D eigenvalue weighted by molar-refractivity contribution is 5.94. The number of hydrogen-bond acceptors (Lipinski definition) is 5. The van der Waals surface area contributed by atoms with E-state index in [0.717, 1.165) is 5.56 Å². The first-order chi connectivity index (χ1) is 12.1. The van der Waals surface area contributed by atoms with Gasteiger partial charge in [0.15, 0.2) is 5.82 Å². The Hall–Kier alpha value is -3.06. The number of aromatic nitrogens is 4. The summed E-state index contributed by atoms with van der Waals surface area (Å²) in [5.74, 6) is 0.290. The van der Waals surface area contributed by atoms with Crippen molar-refractivity contribution in [1.82, 2.24) is 25.1 Å². The number of aliphatic hydroxyl groups is 1. The van der Waals surface area contributed by atoms with Gasteiger partial charge in [-0.1, -0.05) is 30.3 Å². The van der Waals surface area contributed by atoms with Crippen molar-refractivity contribution < 1.29 is 9.90 Å². The Bertz CT molecular complexity index is 821. The molecule has 0 saturated heterocycles. The standard InChI is InChI=1S/C18H19N5O2/c1-13(9-16(24)14-5-3-2-4-6-14)22-18(25)15-7-8-20-17(10-15)23-12-19-11-21-23/h2-8,10-13,16,24H,9H2,1H3,(H,22,25). The van der Waals surface area contributed by atoms with E-state index < -0.39 is 6.10 Å². The molecular weight excluding hydrogens is 318 g/mol. The second-order valence-electron chi connectivity index (χ2n) is 5.78. The van der Waals surface area contributed by atoms with Crippen molar-refractivity contribution in [2.24, 2.45) is 0 Å². The molecule has 0 saturated carbocycles. The van der Waals surface area contributed by atoms with Crippen molar-refractivity contribution in [2.75, 3.05) is 0 Å². The predicted octanol–water partition coefficient (Wildman–Crippen LogP) is 1.90. The molecule has 7 nitrogen and oxygen atoms in total. The van der Waals surface area contributed by atoms with Gasteiger partial charge >= 0.3 is 0 Å². The maximum absolute atomic E-state index is 12.4. The van der Waals surface area contributed by atoms with Crippen LogP contribution in [0.2, 0.25) is 0 Å². The third-order valence-corrected chi connectivity index (χ3v) is 3.80. The first-order valence-electron chi connectivity index (χ1n) is 7.98. The molecule has 0 aliphatic heterocycles. The minimum absolute atomic E-state index is 0.189. The molecular formula is C18H19N5O2. The molecule has 3 aromatic rings. The summed E-state index contributed by atoms with van der Waals surface area (Å²) in [6, 6.07) is 12.5. The Kier molecular flexibility index (Phi) is 5.15. The highest BCUT2D eigenvalue weighted by Crippen LogP contribution is 2.18. The SMILES string of the molecule is CC(CC(O)c1ccccc1)NC(=O)c1ccnc(-n2cncn2)c1. The molecule has 3 rings (SSSR count). The van der Waals surface area contributed by atoms with Gasteiger partial charge in [-0.2, -0.15) is 5.10 Å². The molecule has 25 heavy (non-hydrogen) atoms.